The molecule has 5 heteroatoms. The van der Waals surface area contributed by atoms with Gasteiger partial charge in [-0.3, -0.25) is 4.79 Å². The maximum Gasteiger partial charge on any atom is 0.307 e. The molecule has 0 aliphatic carbocycles. The minimum Gasteiger partial charge on any atom is -0.486 e. The van der Waals surface area contributed by atoms with E-state index in [1.165, 1.54) is 0 Å². The third-order valence-corrected chi connectivity index (χ3v) is 2.69. The first-order valence-corrected chi connectivity index (χ1v) is 6.01. The molecule has 2 rings (SSSR count). The number of hydrogen-bond donors (Lipinski definition) is 1. The minimum atomic E-state index is -0.389. The second-order valence-electron chi connectivity index (χ2n) is 4.02. The summed E-state index contributed by atoms with van der Waals surface area (Å²) in [6, 6.07) is 5.09. The summed E-state index contributed by atoms with van der Waals surface area (Å²) in [5, 5.41) is 0. The van der Waals surface area contributed by atoms with Gasteiger partial charge in [0.05, 0.1) is 13.0 Å². The van der Waals surface area contributed by atoms with Crippen LogP contribution in [-0.4, -0.2) is 25.8 Å². The molecule has 1 aliphatic heterocycles. The molecule has 0 radical (unpaired) electrons. The van der Waals surface area contributed by atoms with Crippen LogP contribution in [0, 0.1) is 0 Å². The number of hydrogen-bond acceptors (Lipinski definition) is 5. The molecule has 0 amide bonds. The van der Waals surface area contributed by atoms with Crippen LogP contribution in [0.5, 0.6) is 11.5 Å². The van der Waals surface area contributed by atoms with Crippen LogP contribution < -0.4 is 15.2 Å². The average Bonchev–Trinajstić information content (AvgIpc) is 2.38. The number of esters is 1. The van der Waals surface area contributed by atoms with E-state index in [-0.39, 0.29) is 18.4 Å². The van der Waals surface area contributed by atoms with Crippen molar-refractivity contribution < 1.29 is 19.0 Å². The number of rotatable bonds is 4. The van der Waals surface area contributed by atoms with Crippen LogP contribution in [0.3, 0.4) is 0 Å². The van der Waals surface area contributed by atoms with Crippen molar-refractivity contribution in [3.8, 4) is 11.5 Å². The number of fused-ring (bicyclic) bond motifs is 1. The number of ether oxygens (including phenoxy) is 3. The van der Waals surface area contributed by atoms with Crippen molar-refractivity contribution in [3.05, 3.63) is 23.8 Å². The summed E-state index contributed by atoms with van der Waals surface area (Å²) in [6.07, 6.45) is 0.160. The van der Waals surface area contributed by atoms with Gasteiger partial charge in [-0.2, -0.15) is 0 Å². The smallest absolute Gasteiger partial charge is 0.307 e. The van der Waals surface area contributed by atoms with E-state index in [1.807, 2.05) is 18.2 Å². The summed E-state index contributed by atoms with van der Waals surface area (Å²) < 4.78 is 15.8. The maximum absolute atomic E-state index is 11.4. The van der Waals surface area contributed by atoms with Crippen molar-refractivity contribution in [2.45, 2.75) is 19.4 Å². The van der Waals surface area contributed by atoms with Gasteiger partial charge in [0.1, 0.15) is 13.2 Å². The van der Waals surface area contributed by atoms with Gasteiger partial charge in [0, 0.05) is 6.04 Å². The summed E-state index contributed by atoms with van der Waals surface area (Å²) >= 11 is 0. The highest BCUT2D eigenvalue weighted by Gasteiger charge is 2.17. The molecule has 2 N–H and O–H groups in total. The summed E-state index contributed by atoms with van der Waals surface area (Å²) in [7, 11) is 0. The Morgan fingerprint density at radius 1 is 1.39 bits per heavy atom. The van der Waals surface area contributed by atoms with E-state index >= 15 is 0 Å². The lowest BCUT2D eigenvalue weighted by atomic mass is 10.0. The topological polar surface area (TPSA) is 70.8 Å². The van der Waals surface area contributed by atoms with Gasteiger partial charge < -0.3 is 19.9 Å². The van der Waals surface area contributed by atoms with Crippen molar-refractivity contribution in [1.29, 1.82) is 0 Å². The van der Waals surface area contributed by atoms with Crippen LogP contribution in [0.2, 0.25) is 0 Å². The second kappa shape index (κ2) is 5.73. The average molecular weight is 251 g/mol. The highest BCUT2D eigenvalue weighted by Crippen LogP contribution is 2.32. The van der Waals surface area contributed by atoms with Crippen LogP contribution in [0.4, 0.5) is 0 Å². The van der Waals surface area contributed by atoms with Crippen molar-refractivity contribution in [2.75, 3.05) is 19.8 Å². The molecule has 18 heavy (non-hydrogen) atoms. The van der Waals surface area contributed by atoms with Gasteiger partial charge >= 0.3 is 5.97 Å². The molecule has 0 fully saturated rings. The molecule has 1 aromatic rings. The van der Waals surface area contributed by atoms with E-state index in [9.17, 15) is 4.79 Å². The predicted molar refractivity (Wildman–Crippen MR) is 65.6 cm³/mol. The lowest BCUT2D eigenvalue weighted by Crippen LogP contribution is -2.19. The zero-order valence-electron chi connectivity index (χ0n) is 10.3. The zero-order valence-corrected chi connectivity index (χ0v) is 10.3. The van der Waals surface area contributed by atoms with Crippen molar-refractivity contribution in [1.82, 2.24) is 0 Å². The van der Waals surface area contributed by atoms with Crippen LogP contribution >= 0.6 is 0 Å². The highest BCUT2D eigenvalue weighted by molar-refractivity contribution is 5.70. The second-order valence-corrected chi connectivity index (χ2v) is 4.02. The molecule has 1 aliphatic rings. The molecule has 0 saturated heterocycles. The fourth-order valence-corrected chi connectivity index (χ4v) is 1.81. The summed E-state index contributed by atoms with van der Waals surface area (Å²) in [4.78, 5) is 11.4. The Morgan fingerprint density at radius 2 is 2.11 bits per heavy atom. The van der Waals surface area contributed by atoms with Crippen molar-refractivity contribution in [3.63, 3.8) is 0 Å². The Bertz CT molecular complexity index is 433. The molecule has 98 valence electrons. The van der Waals surface area contributed by atoms with Gasteiger partial charge in [-0.25, -0.2) is 0 Å². The highest BCUT2D eigenvalue weighted by atomic mass is 16.6. The van der Waals surface area contributed by atoms with E-state index in [4.69, 9.17) is 19.9 Å². The first-order chi connectivity index (χ1) is 8.70. The number of nitrogens with two attached hydrogens (primary N) is 1. The number of carbonyl (C=O) groups excluding carboxylic acids is 1. The third-order valence-electron chi connectivity index (χ3n) is 2.69. The third kappa shape index (κ3) is 2.92. The standard InChI is InChI=1S/C13H17NO4/c1-2-16-13(15)8-10(14)9-3-4-11-12(7-9)18-6-5-17-11/h3-4,7,10H,2,5-6,8,14H2,1H3. The van der Waals surface area contributed by atoms with E-state index in [0.29, 0.717) is 31.3 Å². The van der Waals surface area contributed by atoms with Crippen molar-refractivity contribution >= 4 is 5.97 Å². The maximum atomic E-state index is 11.4. The predicted octanol–water partition coefficient (Wildman–Crippen LogP) is 1.41. The Hall–Kier alpha value is -1.75. The molecule has 0 aromatic heterocycles. The SMILES string of the molecule is CCOC(=O)CC(N)c1ccc2c(c1)OCCO2. The molecule has 1 atom stereocenters. The summed E-state index contributed by atoms with van der Waals surface area (Å²) in [6.45, 7) is 3.23. The zero-order chi connectivity index (χ0) is 13.0. The molecule has 0 saturated carbocycles. The van der Waals surface area contributed by atoms with Gasteiger partial charge in [0.2, 0.25) is 0 Å². The molecule has 1 unspecified atom stereocenters. The van der Waals surface area contributed by atoms with E-state index in [2.05, 4.69) is 0 Å². The minimum absolute atomic E-state index is 0.160. The Balaban J connectivity index is 2.06. The summed E-state index contributed by atoms with van der Waals surface area (Å²) in [5.74, 6) is 1.10. The lowest BCUT2D eigenvalue weighted by Gasteiger charge is -2.20. The Morgan fingerprint density at radius 3 is 2.83 bits per heavy atom. The fraction of sp³-hybridized carbons (Fsp3) is 0.462. The Labute approximate surface area is 106 Å². The van der Waals surface area contributed by atoms with E-state index in [0.717, 1.165) is 5.56 Å². The van der Waals surface area contributed by atoms with Crippen LogP contribution in [0.25, 0.3) is 0 Å². The molecular weight excluding hydrogens is 234 g/mol. The van der Waals surface area contributed by atoms with Gasteiger partial charge in [0.25, 0.3) is 0 Å². The van der Waals surface area contributed by atoms with Gasteiger partial charge in [-0.05, 0) is 24.6 Å². The van der Waals surface area contributed by atoms with E-state index in [1.54, 1.807) is 6.92 Å². The molecule has 0 spiro atoms. The first-order valence-electron chi connectivity index (χ1n) is 6.01. The first kappa shape index (κ1) is 12.7. The lowest BCUT2D eigenvalue weighted by molar-refractivity contribution is -0.143. The molecule has 0 bridgehead atoms. The van der Waals surface area contributed by atoms with Crippen LogP contribution in [0.15, 0.2) is 18.2 Å². The van der Waals surface area contributed by atoms with Crippen LogP contribution in [0.1, 0.15) is 24.9 Å². The van der Waals surface area contributed by atoms with Crippen molar-refractivity contribution in [2.24, 2.45) is 5.73 Å². The normalized spacial score (nSPS) is 15.0. The number of carbonyl (C=O) groups is 1. The fourth-order valence-electron chi connectivity index (χ4n) is 1.81. The van der Waals surface area contributed by atoms with Gasteiger partial charge in [0.15, 0.2) is 11.5 Å². The molecule has 1 aromatic carbocycles. The molecule has 1 heterocycles. The molecule has 5 nitrogen and oxygen atoms in total. The van der Waals surface area contributed by atoms with Crippen LogP contribution in [-0.2, 0) is 9.53 Å². The largest absolute Gasteiger partial charge is 0.486 e. The summed E-state index contributed by atoms with van der Waals surface area (Å²) in [5.41, 5.74) is 6.80. The van der Waals surface area contributed by atoms with E-state index < -0.39 is 0 Å². The van der Waals surface area contributed by atoms with Gasteiger partial charge in [-0.1, -0.05) is 6.07 Å². The Kier molecular flexibility index (Phi) is 4.04. The molecular formula is C13H17NO4. The van der Waals surface area contributed by atoms with Gasteiger partial charge in [-0.15, -0.1) is 0 Å². The quantitative estimate of drug-likeness (QED) is 0.819. The monoisotopic (exact) mass is 251 g/mol. The number of benzene rings is 1.